The predicted octanol–water partition coefficient (Wildman–Crippen LogP) is 9.03. The minimum atomic E-state index is 0.990. The third kappa shape index (κ3) is 2.98. The van der Waals surface area contributed by atoms with Gasteiger partial charge in [-0.2, -0.15) is 0 Å². The lowest BCUT2D eigenvalue weighted by Crippen LogP contribution is -1.87. The van der Waals surface area contributed by atoms with Crippen LogP contribution in [0.25, 0.3) is 65.5 Å². The van der Waals surface area contributed by atoms with Crippen LogP contribution in [0, 0.1) is 0 Å². The monoisotopic (exact) mass is 431 g/mol. The van der Waals surface area contributed by atoms with E-state index >= 15 is 0 Å². The molecule has 0 bridgehead atoms. The quantitative estimate of drug-likeness (QED) is 0.249. The SMILES string of the molecule is c1ccc2c(-c3ccc(-c4ccc5ccc6c7ccccc7ccc6c5c4)nc3)cccc2c1. The van der Waals surface area contributed by atoms with Crippen molar-refractivity contribution < 1.29 is 0 Å². The first kappa shape index (κ1) is 19.0. The van der Waals surface area contributed by atoms with Crippen LogP contribution >= 0.6 is 0 Å². The zero-order valence-corrected chi connectivity index (χ0v) is 18.6. The lowest BCUT2D eigenvalue weighted by Gasteiger charge is -2.10. The van der Waals surface area contributed by atoms with Crippen molar-refractivity contribution in [2.45, 2.75) is 0 Å². The second-order valence-corrected chi connectivity index (χ2v) is 8.84. The molecule has 0 spiro atoms. The molecule has 0 saturated carbocycles. The third-order valence-electron chi connectivity index (χ3n) is 6.90. The Morgan fingerprint density at radius 1 is 0.382 bits per heavy atom. The van der Waals surface area contributed by atoms with E-state index < -0.39 is 0 Å². The molecule has 0 saturated heterocycles. The van der Waals surface area contributed by atoms with Crippen LogP contribution in [0.2, 0.25) is 0 Å². The number of hydrogen-bond acceptors (Lipinski definition) is 1. The number of benzene rings is 6. The number of pyridine rings is 1. The summed E-state index contributed by atoms with van der Waals surface area (Å²) in [5.74, 6) is 0. The molecular formula is C33H21N. The lowest BCUT2D eigenvalue weighted by atomic mass is 9.95. The van der Waals surface area contributed by atoms with Gasteiger partial charge in [0.1, 0.15) is 0 Å². The summed E-state index contributed by atoms with van der Waals surface area (Å²) in [5.41, 5.74) is 4.48. The smallest absolute Gasteiger partial charge is 0.0702 e. The van der Waals surface area contributed by atoms with Crippen molar-refractivity contribution in [2.75, 3.05) is 0 Å². The fourth-order valence-electron chi connectivity index (χ4n) is 5.18. The zero-order chi connectivity index (χ0) is 22.5. The normalized spacial score (nSPS) is 11.5. The van der Waals surface area contributed by atoms with Crippen LogP contribution in [-0.2, 0) is 0 Å². The number of hydrogen-bond donors (Lipinski definition) is 0. The average molecular weight is 432 g/mol. The van der Waals surface area contributed by atoms with Crippen molar-refractivity contribution in [1.82, 2.24) is 4.98 Å². The lowest BCUT2D eigenvalue weighted by molar-refractivity contribution is 1.33. The number of fused-ring (bicyclic) bond motifs is 6. The van der Waals surface area contributed by atoms with Gasteiger partial charge in [0.2, 0.25) is 0 Å². The van der Waals surface area contributed by atoms with Gasteiger partial charge in [-0.25, -0.2) is 0 Å². The van der Waals surface area contributed by atoms with Crippen molar-refractivity contribution in [3.63, 3.8) is 0 Å². The highest BCUT2D eigenvalue weighted by Gasteiger charge is 2.08. The van der Waals surface area contributed by atoms with Gasteiger partial charge in [0.05, 0.1) is 5.69 Å². The van der Waals surface area contributed by atoms with E-state index in [0.29, 0.717) is 0 Å². The van der Waals surface area contributed by atoms with Crippen LogP contribution < -0.4 is 0 Å². The highest BCUT2D eigenvalue weighted by molar-refractivity contribution is 6.17. The van der Waals surface area contributed by atoms with Crippen LogP contribution in [0.3, 0.4) is 0 Å². The Morgan fingerprint density at radius 3 is 1.79 bits per heavy atom. The van der Waals surface area contributed by atoms with E-state index in [1.165, 1.54) is 48.7 Å². The first-order chi connectivity index (χ1) is 16.8. The van der Waals surface area contributed by atoms with Gasteiger partial charge in [0.25, 0.3) is 0 Å². The van der Waals surface area contributed by atoms with Crippen LogP contribution in [-0.4, -0.2) is 4.98 Å². The molecule has 0 aliphatic heterocycles. The summed E-state index contributed by atoms with van der Waals surface area (Å²) in [7, 11) is 0. The summed E-state index contributed by atoms with van der Waals surface area (Å²) in [6, 6.07) is 43.5. The molecule has 0 atom stereocenters. The number of rotatable bonds is 2. The molecule has 1 aromatic heterocycles. The Balaban J connectivity index is 1.35. The van der Waals surface area contributed by atoms with E-state index in [9.17, 15) is 0 Å². The van der Waals surface area contributed by atoms with E-state index in [1.54, 1.807) is 0 Å². The van der Waals surface area contributed by atoms with Crippen molar-refractivity contribution >= 4 is 43.1 Å². The van der Waals surface area contributed by atoms with Gasteiger partial charge in [0, 0.05) is 17.3 Å². The van der Waals surface area contributed by atoms with E-state index in [0.717, 1.165) is 16.8 Å². The average Bonchev–Trinajstić information content (AvgIpc) is 2.92. The molecule has 1 heterocycles. The van der Waals surface area contributed by atoms with E-state index in [4.69, 9.17) is 4.98 Å². The Hall–Kier alpha value is -4.49. The molecule has 0 aliphatic rings. The maximum absolute atomic E-state index is 4.87. The van der Waals surface area contributed by atoms with Crippen LogP contribution in [0.4, 0.5) is 0 Å². The first-order valence-corrected chi connectivity index (χ1v) is 11.6. The van der Waals surface area contributed by atoms with E-state index in [2.05, 4.69) is 121 Å². The highest BCUT2D eigenvalue weighted by atomic mass is 14.7. The Labute approximate surface area is 197 Å². The number of aromatic nitrogens is 1. The second kappa shape index (κ2) is 7.54. The molecule has 158 valence electrons. The van der Waals surface area contributed by atoms with Crippen LogP contribution in [0.15, 0.2) is 128 Å². The molecule has 34 heavy (non-hydrogen) atoms. The summed E-state index contributed by atoms with van der Waals surface area (Å²) in [5, 5.41) is 10.2. The minimum absolute atomic E-state index is 0.990. The molecule has 0 aliphatic carbocycles. The molecule has 6 aromatic carbocycles. The molecule has 0 unspecified atom stereocenters. The maximum Gasteiger partial charge on any atom is 0.0702 e. The highest BCUT2D eigenvalue weighted by Crippen LogP contribution is 2.34. The Morgan fingerprint density at radius 2 is 1.00 bits per heavy atom. The van der Waals surface area contributed by atoms with Gasteiger partial charge in [-0.1, -0.05) is 109 Å². The summed E-state index contributed by atoms with van der Waals surface area (Å²) >= 11 is 0. The summed E-state index contributed by atoms with van der Waals surface area (Å²) in [6.45, 7) is 0. The van der Waals surface area contributed by atoms with Gasteiger partial charge in [-0.05, 0) is 60.8 Å². The topological polar surface area (TPSA) is 12.9 Å². The molecule has 0 fully saturated rings. The van der Waals surface area contributed by atoms with Crippen LogP contribution in [0.1, 0.15) is 0 Å². The third-order valence-corrected chi connectivity index (χ3v) is 6.90. The van der Waals surface area contributed by atoms with Crippen molar-refractivity contribution in [3.05, 3.63) is 128 Å². The molecule has 7 aromatic rings. The van der Waals surface area contributed by atoms with Crippen molar-refractivity contribution in [2.24, 2.45) is 0 Å². The van der Waals surface area contributed by atoms with Gasteiger partial charge >= 0.3 is 0 Å². The van der Waals surface area contributed by atoms with Crippen molar-refractivity contribution in [3.8, 4) is 22.4 Å². The Bertz CT molecular complexity index is 1840. The standard InChI is InChI=1S/C33H21N/c1-3-9-27-22(6-1)8-5-11-29(27)26-16-19-33(34-21-26)25-13-12-24-15-17-30-28-10-4-2-7-23(28)14-18-31(30)32(24)20-25/h1-21H. The predicted molar refractivity (Wildman–Crippen MR) is 145 cm³/mol. The largest absolute Gasteiger partial charge is 0.256 e. The number of nitrogens with zero attached hydrogens (tertiary/aromatic N) is 1. The molecule has 0 radical (unpaired) electrons. The fourth-order valence-corrected chi connectivity index (χ4v) is 5.18. The van der Waals surface area contributed by atoms with Gasteiger partial charge < -0.3 is 0 Å². The first-order valence-electron chi connectivity index (χ1n) is 11.6. The molecule has 1 nitrogen and oxygen atoms in total. The summed E-state index contributed by atoms with van der Waals surface area (Å²) in [6.07, 6.45) is 2.00. The van der Waals surface area contributed by atoms with Crippen molar-refractivity contribution in [1.29, 1.82) is 0 Å². The molecular weight excluding hydrogens is 410 g/mol. The van der Waals surface area contributed by atoms with E-state index in [1.807, 2.05) is 6.20 Å². The molecule has 1 heteroatoms. The van der Waals surface area contributed by atoms with E-state index in [-0.39, 0.29) is 0 Å². The maximum atomic E-state index is 4.87. The Kier molecular flexibility index (Phi) is 4.22. The van der Waals surface area contributed by atoms with Crippen LogP contribution in [0.5, 0.6) is 0 Å². The zero-order valence-electron chi connectivity index (χ0n) is 18.6. The van der Waals surface area contributed by atoms with Gasteiger partial charge in [-0.15, -0.1) is 0 Å². The second-order valence-electron chi connectivity index (χ2n) is 8.84. The summed E-state index contributed by atoms with van der Waals surface area (Å²) < 4.78 is 0. The van der Waals surface area contributed by atoms with Gasteiger partial charge in [-0.3, -0.25) is 4.98 Å². The molecule has 0 amide bonds. The fraction of sp³-hybridized carbons (Fsp3) is 0. The summed E-state index contributed by atoms with van der Waals surface area (Å²) in [4.78, 5) is 4.87. The molecule has 0 N–H and O–H groups in total. The minimum Gasteiger partial charge on any atom is -0.256 e. The molecule has 7 rings (SSSR count). The van der Waals surface area contributed by atoms with Gasteiger partial charge in [0.15, 0.2) is 0 Å².